The lowest BCUT2D eigenvalue weighted by Crippen LogP contribution is -2.09. The fourth-order valence-corrected chi connectivity index (χ4v) is 1.23. The predicted molar refractivity (Wildman–Crippen MR) is 55.1 cm³/mol. The van der Waals surface area contributed by atoms with Crippen LogP contribution >= 0.6 is 0 Å². The molecule has 0 saturated carbocycles. The third-order valence-corrected chi connectivity index (χ3v) is 2.03. The van der Waals surface area contributed by atoms with Gasteiger partial charge in [0.15, 0.2) is 0 Å². The van der Waals surface area contributed by atoms with Crippen LogP contribution in [0, 0.1) is 0 Å². The summed E-state index contributed by atoms with van der Waals surface area (Å²) in [6.45, 7) is 1.78. The minimum absolute atomic E-state index is 0.00282. The summed E-state index contributed by atoms with van der Waals surface area (Å²) in [6, 6.07) is 9.49. The standard InChI is InChI=1S/C12H14O2/c1-2-11(13)9-12(14)8-10-6-4-3-5-7-10/h3-7H,2,8-9H2,1H3. The molecule has 14 heavy (non-hydrogen) atoms. The van der Waals surface area contributed by atoms with Crippen LogP contribution in [-0.2, 0) is 16.0 Å². The van der Waals surface area contributed by atoms with Crippen LogP contribution in [0.25, 0.3) is 0 Å². The number of Topliss-reactive ketones (excluding diaryl/α,β-unsaturated/α-hetero) is 2. The van der Waals surface area contributed by atoms with Crippen molar-refractivity contribution < 1.29 is 9.59 Å². The van der Waals surface area contributed by atoms with Crippen molar-refractivity contribution in [3.63, 3.8) is 0 Å². The Labute approximate surface area is 83.9 Å². The third kappa shape index (κ3) is 3.52. The molecule has 0 aliphatic carbocycles. The Kier molecular flexibility index (Phi) is 4.05. The maximum Gasteiger partial charge on any atom is 0.144 e. The second kappa shape index (κ2) is 5.32. The molecule has 0 saturated heterocycles. The highest BCUT2D eigenvalue weighted by Gasteiger charge is 2.07. The smallest absolute Gasteiger partial charge is 0.144 e. The van der Waals surface area contributed by atoms with Crippen molar-refractivity contribution >= 4 is 11.6 Å². The first-order chi connectivity index (χ1) is 6.72. The lowest BCUT2D eigenvalue weighted by Gasteiger charge is -1.99. The zero-order valence-corrected chi connectivity index (χ0v) is 8.32. The highest BCUT2D eigenvalue weighted by molar-refractivity contribution is 5.99. The van der Waals surface area contributed by atoms with Gasteiger partial charge in [-0.25, -0.2) is 0 Å². The number of benzene rings is 1. The van der Waals surface area contributed by atoms with Gasteiger partial charge in [0.1, 0.15) is 11.6 Å². The van der Waals surface area contributed by atoms with Crippen LogP contribution in [0.4, 0.5) is 0 Å². The van der Waals surface area contributed by atoms with Crippen molar-refractivity contribution in [1.29, 1.82) is 0 Å². The van der Waals surface area contributed by atoms with Gasteiger partial charge >= 0.3 is 0 Å². The Hall–Kier alpha value is -1.44. The molecule has 74 valence electrons. The van der Waals surface area contributed by atoms with E-state index in [-0.39, 0.29) is 18.0 Å². The van der Waals surface area contributed by atoms with Gasteiger partial charge < -0.3 is 0 Å². The number of carbonyl (C=O) groups excluding carboxylic acids is 2. The Morgan fingerprint density at radius 2 is 1.71 bits per heavy atom. The molecule has 0 radical (unpaired) electrons. The predicted octanol–water partition coefficient (Wildman–Crippen LogP) is 2.17. The fraction of sp³-hybridized carbons (Fsp3) is 0.333. The van der Waals surface area contributed by atoms with Crippen molar-refractivity contribution in [2.24, 2.45) is 0 Å². The van der Waals surface area contributed by atoms with Gasteiger partial charge in [0, 0.05) is 12.8 Å². The van der Waals surface area contributed by atoms with Crippen LogP contribution in [0.2, 0.25) is 0 Å². The molecule has 0 fully saturated rings. The maximum atomic E-state index is 11.4. The summed E-state index contributed by atoms with van der Waals surface area (Å²) in [5.74, 6) is 0.0222. The average Bonchev–Trinajstić information content (AvgIpc) is 2.19. The van der Waals surface area contributed by atoms with Crippen molar-refractivity contribution in [3.8, 4) is 0 Å². The summed E-state index contributed by atoms with van der Waals surface area (Å²) in [6.07, 6.45) is 0.887. The average molecular weight is 190 g/mol. The lowest BCUT2D eigenvalue weighted by molar-refractivity contribution is -0.126. The normalized spacial score (nSPS) is 9.79. The topological polar surface area (TPSA) is 34.1 Å². The summed E-state index contributed by atoms with van der Waals surface area (Å²) in [5.41, 5.74) is 0.974. The van der Waals surface area contributed by atoms with Gasteiger partial charge in [0.25, 0.3) is 0 Å². The second-order valence-corrected chi connectivity index (χ2v) is 3.27. The molecule has 1 aromatic carbocycles. The highest BCUT2D eigenvalue weighted by Crippen LogP contribution is 2.02. The first-order valence-electron chi connectivity index (χ1n) is 4.79. The number of hydrogen-bond donors (Lipinski definition) is 0. The minimum Gasteiger partial charge on any atom is -0.299 e. The quantitative estimate of drug-likeness (QED) is 0.667. The van der Waals surface area contributed by atoms with E-state index in [1.807, 2.05) is 30.3 Å². The Bertz CT molecular complexity index is 314. The molecule has 0 unspecified atom stereocenters. The molecule has 2 nitrogen and oxygen atoms in total. The van der Waals surface area contributed by atoms with E-state index in [0.29, 0.717) is 12.8 Å². The molecule has 0 aromatic heterocycles. The zero-order valence-electron chi connectivity index (χ0n) is 8.32. The fourth-order valence-electron chi connectivity index (χ4n) is 1.23. The van der Waals surface area contributed by atoms with Gasteiger partial charge in [-0.1, -0.05) is 37.3 Å². The Balaban J connectivity index is 2.46. The van der Waals surface area contributed by atoms with Gasteiger partial charge in [-0.3, -0.25) is 9.59 Å². The molecule has 0 amide bonds. The molecule has 1 rings (SSSR count). The molecule has 1 aromatic rings. The third-order valence-electron chi connectivity index (χ3n) is 2.03. The highest BCUT2D eigenvalue weighted by atomic mass is 16.1. The number of rotatable bonds is 5. The van der Waals surface area contributed by atoms with Crippen molar-refractivity contribution in [3.05, 3.63) is 35.9 Å². The van der Waals surface area contributed by atoms with E-state index in [1.54, 1.807) is 6.92 Å². The van der Waals surface area contributed by atoms with Crippen LogP contribution in [0.1, 0.15) is 25.3 Å². The van der Waals surface area contributed by atoms with E-state index < -0.39 is 0 Å². The minimum atomic E-state index is 0.00282. The molecule has 0 bridgehead atoms. The summed E-state index contributed by atoms with van der Waals surface area (Å²) in [4.78, 5) is 22.4. The lowest BCUT2D eigenvalue weighted by atomic mass is 10.0. The van der Waals surface area contributed by atoms with Crippen molar-refractivity contribution in [2.75, 3.05) is 0 Å². The van der Waals surface area contributed by atoms with Crippen molar-refractivity contribution in [2.45, 2.75) is 26.2 Å². The molecule has 0 aliphatic heterocycles. The number of carbonyl (C=O) groups is 2. The molecule has 0 N–H and O–H groups in total. The first kappa shape index (κ1) is 10.6. The van der Waals surface area contributed by atoms with E-state index >= 15 is 0 Å². The van der Waals surface area contributed by atoms with Crippen LogP contribution in [-0.4, -0.2) is 11.6 Å². The van der Waals surface area contributed by atoms with Gasteiger partial charge in [-0.2, -0.15) is 0 Å². The second-order valence-electron chi connectivity index (χ2n) is 3.27. The first-order valence-corrected chi connectivity index (χ1v) is 4.79. The van der Waals surface area contributed by atoms with Crippen LogP contribution in [0.3, 0.4) is 0 Å². The number of hydrogen-bond acceptors (Lipinski definition) is 2. The summed E-state index contributed by atoms with van der Waals surface area (Å²) < 4.78 is 0. The molecular weight excluding hydrogens is 176 g/mol. The molecule has 0 heterocycles. The zero-order chi connectivity index (χ0) is 10.4. The number of ketones is 2. The van der Waals surface area contributed by atoms with E-state index in [2.05, 4.69) is 0 Å². The Morgan fingerprint density at radius 1 is 1.07 bits per heavy atom. The molecule has 2 heteroatoms. The van der Waals surface area contributed by atoms with E-state index in [1.165, 1.54) is 0 Å². The molecule has 0 atom stereocenters. The van der Waals surface area contributed by atoms with Gasteiger partial charge in [0.05, 0.1) is 6.42 Å². The van der Waals surface area contributed by atoms with Gasteiger partial charge in [0.2, 0.25) is 0 Å². The largest absolute Gasteiger partial charge is 0.299 e. The maximum absolute atomic E-state index is 11.4. The van der Waals surface area contributed by atoms with Gasteiger partial charge in [-0.05, 0) is 5.56 Å². The molecule has 0 aliphatic rings. The van der Waals surface area contributed by atoms with Gasteiger partial charge in [-0.15, -0.1) is 0 Å². The monoisotopic (exact) mass is 190 g/mol. The van der Waals surface area contributed by atoms with E-state index in [4.69, 9.17) is 0 Å². The van der Waals surface area contributed by atoms with Crippen LogP contribution in [0.5, 0.6) is 0 Å². The molecule has 0 spiro atoms. The summed E-state index contributed by atoms with van der Waals surface area (Å²) >= 11 is 0. The summed E-state index contributed by atoms with van der Waals surface area (Å²) in [5, 5.41) is 0. The van der Waals surface area contributed by atoms with Crippen LogP contribution < -0.4 is 0 Å². The molecular formula is C12H14O2. The van der Waals surface area contributed by atoms with E-state index in [9.17, 15) is 9.59 Å². The van der Waals surface area contributed by atoms with E-state index in [0.717, 1.165) is 5.56 Å². The Morgan fingerprint density at radius 3 is 2.29 bits per heavy atom. The van der Waals surface area contributed by atoms with Crippen LogP contribution in [0.15, 0.2) is 30.3 Å². The SMILES string of the molecule is CCC(=O)CC(=O)Cc1ccccc1. The summed E-state index contributed by atoms with van der Waals surface area (Å²) in [7, 11) is 0. The van der Waals surface area contributed by atoms with Crippen molar-refractivity contribution in [1.82, 2.24) is 0 Å².